The second kappa shape index (κ2) is 7.30. The Morgan fingerprint density at radius 3 is 2.61 bits per heavy atom. The van der Waals surface area contributed by atoms with Crippen molar-refractivity contribution in [3.05, 3.63) is 53.8 Å². The van der Waals surface area contributed by atoms with E-state index in [1.165, 1.54) is 48.4 Å². The van der Waals surface area contributed by atoms with Gasteiger partial charge in [0, 0.05) is 5.56 Å². The molecule has 0 aromatic heterocycles. The van der Waals surface area contributed by atoms with E-state index < -0.39 is 29.2 Å². The average molecular weight is 386 g/mol. The van der Waals surface area contributed by atoms with E-state index in [1.807, 2.05) is 0 Å². The molecule has 0 saturated carbocycles. The van der Waals surface area contributed by atoms with Gasteiger partial charge in [-0.15, -0.1) is 0 Å². The summed E-state index contributed by atoms with van der Waals surface area (Å²) in [6.07, 6.45) is 0. The van der Waals surface area contributed by atoms with E-state index in [1.54, 1.807) is 19.9 Å². The Morgan fingerprint density at radius 2 is 1.93 bits per heavy atom. The zero-order valence-corrected chi connectivity index (χ0v) is 15.6. The quantitative estimate of drug-likeness (QED) is 0.817. The number of fused-ring (bicyclic) bond motifs is 1. The lowest BCUT2D eigenvalue weighted by Gasteiger charge is -2.38. The summed E-state index contributed by atoms with van der Waals surface area (Å²) in [7, 11) is 1.22. The molecule has 146 valence electrons. The van der Waals surface area contributed by atoms with Crippen LogP contribution in [0, 0.1) is 5.82 Å². The fraction of sp³-hybridized carbons (Fsp3) is 0.250. The van der Waals surface area contributed by atoms with Gasteiger partial charge in [0.05, 0.1) is 18.5 Å². The van der Waals surface area contributed by atoms with Gasteiger partial charge in [-0.2, -0.15) is 0 Å². The van der Waals surface area contributed by atoms with Crippen molar-refractivity contribution in [1.29, 1.82) is 0 Å². The van der Waals surface area contributed by atoms with Crippen molar-refractivity contribution in [3.8, 4) is 5.75 Å². The Morgan fingerprint density at radius 1 is 1.21 bits per heavy atom. The van der Waals surface area contributed by atoms with E-state index >= 15 is 0 Å². The second-order valence-corrected chi connectivity index (χ2v) is 6.70. The Hall–Kier alpha value is -3.42. The molecule has 8 heteroatoms. The van der Waals surface area contributed by atoms with Crippen molar-refractivity contribution in [2.45, 2.75) is 19.4 Å². The maximum Gasteiger partial charge on any atom is 0.325 e. The summed E-state index contributed by atoms with van der Waals surface area (Å²) in [6.45, 7) is 2.84. The molecule has 3 rings (SSSR count). The first-order valence-electron chi connectivity index (χ1n) is 8.50. The SMILES string of the molecule is COC(=O)CN1C(=O)C(C)(C)Oc2ccc(C(=O)Nc3ccccc3F)cc21. The number of amides is 2. The maximum absolute atomic E-state index is 13.8. The van der Waals surface area contributed by atoms with Crippen LogP contribution in [0.2, 0.25) is 0 Å². The van der Waals surface area contributed by atoms with Crippen molar-refractivity contribution in [1.82, 2.24) is 0 Å². The molecule has 0 spiro atoms. The monoisotopic (exact) mass is 386 g/mol. The standard InChI is InChI=1S/C20H19FN2O5/c1-20(2)19(26)23(11-17(24)27-3)15-10-12(8-9-16(15)28-20)18(25)22-14-7-5-4-6-13(14)21/h4-10H,11H2,1-3H3,(H,22,25). The highest BCUT2D eigenvalue weighted by Crippen LogP contribution is 2.38. The predicted molar refractivity (Wildman–Crippen MR) is 99.9 cm³/mol. The number of benzene rings is 2. The number of carbonyl (C=O) groups excluding carboxylic acids is 3. The number of ether oxygens (including phenoxy) is 2. The van der Waals surface area contributed by atoms with Crippen LogP contribution in [0.25, 0.3) is 0 Å². The molecule has 0 bridgehead atoms. The fourth-order valence-corrected chi connectivity index (χ4v) is 2.82. The van der Waals surface area contributed by atoms with E-state index in [0.29, 0.717) is 5.75 Å². The molecule has 0 atom stereocenters. The molecule has 7 nitrogen and oxygen atoms in total. The first kappa shape index (κ1) is 19.3. The Labute approximate surface area is 161 Å². The Bertz CT molecular complexity index is 957. The average Bonchev–Trinajstić information content (AvgIpc) is 2.66. The summed E-state index contributed by atoms with van der Waals surface area (Å²) in [4.78, 5) is 38.2. The second-order valence-electron chi connectivity index (χ2n) is 6.70. The number of nitrogens with one attached hydrogen (secondary N) is 1. The molecule has 2 amide bonds. The zero-order valence-electron chi connectivity index (χ0n) is 15.6. The van der Waals surface area contributed by atoms with E-state index in [9.17, 15) is 18.8 Å². The van der Waals surface area contributed by atoms with Gasteiger partial charge < -0.3 is 14.8 Å². The highest BCUT2D eigenvalue weighted by Gasteiger charge is 2.42. The molecule has 2 aromatic rings. The number of halogens is 1. The van der Waals surface area contributed by atoms with Crippen molar-refractivity contribution >= 4 is 29.2 Å². The van der Waals surface area contributed by atoms with Gasteiger partial charge in [0.1, 0.15) is 18.1 Å². The highest BCUT2D eigenvalue weighted by molar-refractivity contribution is 6.08. The smallest absolute Gasteiger partial charge is 0.325 e. The zero-order chi connectivity index (χ0) is 20.5. The molecule has 1 aliphatic heterocycles. The molecule has 1 aliphatic rings. The lowest BCUT2D eigenvalue weighted by Crippen LogP contribution is -2.54. The van der Waals surface area contributed by atoms with Crippen molar-refractivity contribution in [2.75, 3.05) is 23.9 Å². The first-order valence-corrected chi connectivity index (χ1v) is 8.50. The van der Waals surface area contributed by atoms with Crippen LogP contribution >= 0.6 is 0 Å². The van der Waals surface area contributed by atoms with Crippen LogP contribution < -0.4 is 15.0 Å². The third-order valence-corrected chi connectivity index (χ3v) is 4.27. The van der Waals surface area contributed by atoms with E-state index in [2.05, 4.69) is 10.1 Å². The van der Waals surface area contributed by atoms with Crippen LogP contribution in [0.15, 0.2) is 42.5 Å². The van der Waals surface area contributed by atoms with Gasteiger partial charge >= 0.3 is 5.97 Å². The van der Waals surface area contributed by atoms with Crippen molar-refractivity contribution < 1.29 is 28.2 Å². The van der Waals surface area contributed by atoms with Gasteiger partial charge in [0.15, 0.2) is 5.60 Å². The van der Waals surface area contributed by atoms with Crippen LogP contribution in [0.1, 0.15) is 24.2 Å². The first-order chi connectivity index (χ1) is 13.2. The van der Waals surface area contributed by atoms with Crippen LogP contribution in [0.5, 0.6) is 5.75 Å². The molecule has 1 N–H and O–H groups in total. The number of carbonyl (C=O) groups is 3. The van der Waals surface area contributed by atoms with E-state index in [4.69, 9.17) is 4.74 Å². The largest absolute Gasteiger partial charge is 0.476 e. The topological polar surface area (TPSA) is 84.9 Å². The number of rotatable bonds is 4. The third kappa shape index (κ3) is 3.66. The highest BCUT2D eigenvalue weighted by atomic mass is 19.1. The molecule has 0 saturated heterocycles. The van der Waals surface area contributed by atoms with Crippen LogP contribution in [0.3, 0.4) is 0 Å². The summed E-state index contributed by atoms with van der Waals surface area (Å²) in [5.74, 6) is -1.85. The van der Waals surface area contributed by atoms with Gasteiger partial charge in [-0.25, -0.2) is 4.39 Å². The van der Waals surface area contributed by atoms with Crippen LogP contribution in [0.4, 0.5) is 15.8 Å². The molecule has 2 aromatic carbocycles. The number of esters is 1. The number of hydrogen-bond donors (Lipinski definition) is 1. The van der Waals surface area contributed by atoms with Gasteiger partial charge in [0.25, 0.3) is 11.8 Å². The summed E-state index contributed by atoms with van der Waals surface area (Å²) in [6, 6.07) is 10.2. The summed E-state index contributed by atoms with van der Waals surface area (Å²) < 4.78 is 24.2. The number of anilines is 2. The molecule has 1 heterocycles. The summed E-state index contributed by atoms with van der Waals surface area (Å²) >= 11 is 0. The van der Waals surface area contributed by atoms with Crippen LogP contribution in [-0.2, 0) is 14.3 Å². The van der Waals surface area contributed by atoms with E-state index in [0.717, 1.165) is 0 Å². The fourth-order valence-electron chi connectivity index (χ4n) is 2.82. The minimum absolute atomic E-state index is 0.0325. The molecule has 0 aliphatic carbocycles. The molecule has 28 heavy (non-hydrogen) atoms. The number of hydrogen-bond acceptors (Lipinski definition) is 5. The minimum atomic E-state index is -1.18. The minimum Gasteiger partial charge on any atom is -0.476 e. The number of nitrogens with zero attached hydrogens (tertiary/aromatic N) is 1. The normalized spacial score (nSPS) is 14.7. The summed E-state index contributed by atoms with van der Waals surface area (Å²) in [5.41, 5.74) is -0.716. The lowest BCUT2D eigenvalue weighted by molar-refractivity contribution is -0.142. The number of para-hydroxylation sites is 1. The van der Waals surface area contributed by atoms with E-state index in [-0.39, 0.29) is 23.5 Å². The Balaban J connectivity index is 1.95. The molecule has 0 fully saturated rings. The Kier molecular flexibility index (Phi) is 5.04. The van der Waals surface area contributed by atoms with Crippen molar-refractivity contribution in [3.63, 3.8) is 0 Å². The summed E-state index contributed by atoms with van der Waals surface area (Å²) in [5, 5.41) is 2.48. The van der Waals surface area contributed by atoms with Crippen LogP contribution in [-0.4, -0.2) is 37.0 Å². The molecule has 0 unspecified atom stereocenters. The van der Waals surface area contributed by atoms with Crippen molar-refractivity contribution in [2.24, 2.45) is 0 Å². The molecule has 0 radical (unpaired) electrons. The van der Waals surface area contributed by atoms with Gasteiger partial charge in [-0.3, -0.25) is 19.3 Å². The number of methoxy groups -OCH3 is 1. The third-order valence-electron chi connectivity index (χ3n) is 4.27. The molecular formula is C20H19FN2O5. The van der Waals surface area contributed by atoms with Gasteiger partial charge in [0.2, 0.25) is 0 Å². The predicted octanol–water partition coefficient (Wildman–Crippen LogP) is 2.75. The molecular weight excluding hydrogens is 367 g/mol. The maximum atomic E-state index is 13.8. The lowest BCUT2D eigenvalue weighted by atomic mass is 10.0. The van der Waals surface area contributed by atoms with Gasteiger partial charge in [-0.05, 0) is 44.2 Å². The van der Waals surface area contributed by atoms with Gasteiger partial charge in [-0.1, -0.05) is 12.1 Å².